The maximum absolute atomic E-state index is 13.2. The Labute approximate surface area is 187 Å². The minimum absolute atomic E-state index is 0.0141. The molecule has 12 heteroatoms. The van der Waals surface area contributed by atoms with Crippen molar-refractivity contribution in [1.29, 1.82) is 0 Å². The van der Waals surface area contributed by atoms with E-state index in [1.165, 1.54) is 13.2 Å². The van der Waals surface area contributed by atoms with Crippen LogP contribution in [-0.2, 0) is 10.3 Å². The van der Waals surface area contributed by atoms with Crippen molar-refractivity contribution in [3.05, 3.63) is 63.3 Å². The largest absolute Gasteiger partial charge is 0.494 e. The lowest BCUT2D eigenvalue weighted by Gasteiger charge is -2.31. The van der Waals surface area contributed by atoms with E-state index in [9.17, 15) is 31.4 Å². The van der Waals surface area contributed by atoms with Gasteiger partial charge < -0.3 is 19.8 Å². The molecule has 5 nitrogen and oxygen atoms in total. The number of fused-ring (bicyclic) bond motifs is 1. The maximum Gasteiger partial charge on any atom is 0.431 e. The summed E-state index contributed by atoms with van der Waals surface area (Å²) >= 11 is 0.204. The van der Waals surface area contributed by atoms with Crippen LogP contribution >= 0.6 is 11.3 Å². The van der Waals surface area contributed by atoms with E-state index in [4.69, 9.17) is 4.74 Å². The molecule has 0 saturated heterocycles. The molecule has 0 bridgehead atoms. The van der Waals surface area contributed by atoms with E-state index in [0.717, 1.165) is 17.0 Å². The Kier molecular flexibility index (Phi) is 5.28. The Morgan fingerprint density at radius 2 is 1.70 bits per heavy atom. The van der Waals surface area contributed by atoms with Crippen LogP contribution in [0.1, 0.15) is 27.5 Å². The van der Waals surface area contributed by atoms with E-state index in [0.29, 0.717) is 28.9 Å². The van der Waals surface area contributed by atoms with Gasteiger partial charge in [-0.15, -0.1) is 11.3 Å². The minimum atomic E-state index is -5.93. The molecule has 1 aliphatic rings. The summed E-state index contributed by atoms with van der Waals surface area (Å²) in [6, 6.07) is 4.00. The lowest BCUT2D eigenvalue weighted by molar-refractivity contribution is -0.374. The van der Waals surface area contributed by atoms with Gasteiger partial charge in [-0.2, -0.15) is 26.3 Å². The molecule has 4 rings (SSSR count). The summed E-state index contributed by atoms with van der Waals surface area (Å²) in [5, 5.41) is 9.61. The zero-order chi connectivity index (χ0) is 24.3. The van der Waals surface area contributed by atoms with Gasteiger partial charge in [0.2, 0.25) is 0 Å². The predicted octanol–water partition coefficient (Wildman–Crippen LogP) is 5.86. The highest BCUT2D eigenvalue weighted by Crippen LogP contribution is 2.52. The smallest absolute Gasteiger partial charge is 0.431 e. The van der Waals surface area contributed by atoms with Crippen LogP contribution in [0, 0.1) is 13.8 Å². The number of aliphatic imine (C=N–C) groups is 1. The van der Waals surface area contributed by atoms with Crippen molar-refractivity contribution in [2.75, 3.05) is 7.11 Å². The normalized spacial score (nSPS) is 16.6. The molecule has 0 amide bonds. The van der Waals surface area contributed by atoms with E-state index in [2.05, 4.69) is 15.0 Å². The van der Waals surface area contributed by atoms with Crippen molar-refractivity contribution in [3.8, 4) is 0 Å². The molecule has 1 aliphatic heterocycles. The Hall–Kier alpha value is -2.99. The number of nitrogens with zero attached hydrogens (tertiary/aromatic N) is 1. The van der Waals surface area contributed by atoms with Crippen LogP contribution in [0.3, 0.4) is 0 Å². The average Bonchev–Trinajstić information content (AvgIpc) is 3.42. The number of hydrogen-bond donors (Lipinski definition) is 3. The fraction of sp³-hybridized carbons (Fsp3) is 0.286. The molecule has 33 heavy (non-hydrogen) atoms. The van der Waals surface area contributed by atoms with Crippen molar-refractivity contribution in [1.82, 2.24) is 9.97 Å². The highest BCUT2D eigenvalue weighted by molar-refractivity contribution is 7.19. The van der Waals surface area contributed by atoms with Crippen LogP contribution in [0.4, 0.5) is 26.3 Å². The molecule has 0 spiro atoms. The number of allylic oxidation sites excluding steroid dienone is 1. The number of ether oxygens (including phenoxy) is 1. The number of methoxy groups -OCH3 is 1. The monoisotopic (exact) mass is 489 g/mol. The Bertz CT molecular complexity index is 1270. The number of hydrogen-bond acceptors (Lipinski definition) is 4. The second-order valence-electron chi connectivity index (χ2n) is 7.57. The number of H-pyrrole nitrogens is 2. The molecule has 3 aromatic heterocycles. The number of aryl methyl sites for hydroxylation is 2. The Morgan fingerprint density at radius 1 is 1.03 bits per heavy atom. The number of aromatic nitrogens is 2. The summed E-state index contributed by atoms with van der Waals surface area (Å²) in [5.41, 5.74) is -0.892. The molecule has 0 aliphatic carbocycles. The second kappa shape index (κ2) is 7.52. The van der Waals surface area contributed by atoms with Crippen LogP contribution in [0.5, 0.6) is 0 Å². The predicted molar refractivity (Wildman–Crippen MR) is 112 cm³/mol. The standard InChI is InChI=1S/C21H17F6N3O2S/c1-9-4-10(2)28-11(9)5-14-16(32-3)6-12(29-14)13-7-17-15(30-13)8-18(33-17)19(31,20(22,23)24)21(25,26)27/h4-8,28,30-31H,1-3H3/b14-5-. The van der Waals surface area contributed by atoms with Crippen LogP contribution in [-0.4, -0.2) is 40.2 Å². The molecule has 4 heterocycles. The number of alkyl halides is 6. The van der Waals surface area contributed by atoms with Gasteiger partial charge in [-0.05, 0) is 43.7 Å². The molecule has 0 saturated carbocycles. The van der Waals surface area contributed by atoms with Gasteiger partial charge in [0.25, 0.3) is 5.60 Å². The van der Waals surface area contributed by atoms with Crippen molar-refractivity contribution < 1.29 is 36.2 Å². The summed E-state index contributed by atoms with van der Waals surface area (Å²) in [6.45, 7) is 3.83. The summed E-state index contributed by atoms with van der Waals surface area (Å²) < 4.78 is 84.4. The number of thiophene rings is 1. The summed E-state index contributed by atoms with van der Waals surface area (Å²) in [7, 11) is 1.46. The average molecular weight is 489 g/mol. The van der Waals surface area contributed by atoms with Gasteiger partial charge >= 0.3 is 12.4 Å². The second-order valence-corrected chi connectivity index (χ2v) is 8.65. The SMILES string of the molecule is COC1=CC(c2cc3sc(C(O)(C(F)(F)F)C(F)(F)F)cc3[nH]2)=N/C1=C\c1[nH]c(C)cc1C. The summed E-state index contributed by atoms with van der Waals surface area (Å²) in [6.07, 6.45) is -8.48. The third-order valence-corrected chi connectivity index (χ3v) is 6.40. The van der Waals surface area contributed by atoms with Gasteiger partial charge in [0.15, 0.2) is 0 Å². The van der Waals surface area contributed by atoms with Crippen molar-refractivity contribution >= 4 is 33.3 Å². The fourth-order valence-corrected chi connectivity index (χ4v) is 4.72. The van der Waals surface area contributed by atoms with Gasteiger partial charge in [0, 0.05) is 17.5 Å². The van der Waals surface area contributed by atoms with Crippen LogP contribution < -0.4 is 0 Å². The van der Waals surface area contributed by atoms with E-state index < -0.39 is 22.8 Å². The van der Waals surface area contributed by atoms with Crippen molar-refractivity contribution in [3.63, 3.8) is 0 Å². The van der Waals surface area contributed by atoms with E-state index >= 15 is 0 Å². The molecular formula is C21H17F6N3O2S. The van der Waals surface area contributed by atoms with Crippen molar-refractivity contribution in [2.45, 2.75) is 31.8 Å². The zero-order valence-corrected chi connectivity index (χ0v) is 18.2. The van der Waals surface area contributed by atoms with Gasteiger partial charge in [-0.1, -0.05) is 0 Å². The van der Waals surface area contributed by atoms with Crippen LogP contribution in [0.25, 0.3) is 16.3 Å². The zero-order valence-electron chi connectivity index (χ0n) is 17.4. The number of rotatable bonds is 4. The molecular weight excluding hydrogens is 472 g/mol. The lowest BCUT2D eigenvalue weighted by Crippen LogP contribution is -2.53. The maximum atomic E-state index is 13.2. The third-order valence-electron chi connectivity index (χ3n) is 5.21. The minimum Gasteiger partial charge on any atom is -0.494 e. The topological polar surface area (TPSA) is 73.4 Å². The van der Waals surface area contributed by atoms with Gasteiger partial charge in [0.05, 0.1) is 33.6 Å². The number of aromatic amines is 2. The first kappa shape index (κ1) is 23.2. The highest BCUT2D eigenvalue weighted by Gasteiger charge is 2.72. The highest BCUT2D eigenvalue weighted by atomic mass is 32.1. The summed E-state index contributed by atoms with van der Waals surface area (Å²) in [4.78, 5) is 9.18. The summed E-state index contributed by atoms with van der Waals surface area (Å²) in [5.74, 6) is 0.443. The molecule has 0 radical (unpaired) electrons. The van der Waals surface area contributed by atoms with Gasteiger partial charge in [-0.3, -0.25) is 0 Å². The molecule has 0 atom stereocenters. The van der Waals surface area contributed by atoms with Crippen LogP contribution in [0.2, 0.25) is 0 Å². The number of halogens is 6. The lowest BCUT2D eigenvalue weighted by atomic mass is 10.0. The first-order valence-corrected chi connectivity index (χ1v) is 10.3. The first-order chi connectivity index (χ1) is 15.2. The molecule has 176 valence electrons. The molecule has 0 unspecified atom stereocenters. The Morgan fingerprint density at radius 3 is 2.21 bits per heavy atom. The van der Waals surface area contributed by atoms with Crippen LogP contribution in [0.15, 0.2) is 40.7 Å². The molecule has 3 aromatic rings. The quantitative estimate of drug-likeness (QED) is 0.402. The van der Waals surface area contributed by atoms with E-state index in [-0.39, 0.29) is 21.6 Å². The molecule has 0 fully saturated rings. The third kappa shape index (κ3) is 3.76. The molecule has 3 N–H and O–H groups in total. The van der Waals surface area contributed by atoms with E-state index in [1.54, 1.807) is 12.2 Å². The Balaban J connectivity index is 1.73. The fourth-order valence-electron chi connectivity index (χ4n) is 3.54. The number of nitrogens with one attached hydrogen (secondary N) is 2. The van der Waals surface area contributed by atoms with Crippen molar-refractivity contribution in [2.24, 2.45) is 4.99 Å². The van der Waals surface area contributed by atoms with Gasteiger partial charge in [-0.25, -0.2) is 4.99 Å². The first-order valence-electron chi connectivity index (χ1n) is 9.46. The van der Waals surface area contributed by atoms with Gasteiger partial charge in [0.1, 0.15) is 11.5 Å². The number of aliphatic hydroxyl groups is 1. The van der Waals surface area contributed by atoms with E-state index in [1.807, 2.05) is 19.9 Å². The molecule has 0 aromatic carbocycles.